The molecular weight excluding hydrogens is 488 g/mol. The Morgan fingerprint density at radius 3 is 1.32 bits per heavy atom. The first-order valence-corrected chi connectivity index (χ1v) is 13.9. The minimum Gasteiger partial charge on any atom is -0.358 e. The Hall–Kier alpha value is -4.70. The van der Waals surface area contributed by atoms with Crippen LogP contribution >= 0.6 is 0 Å². The zero-order valence-electron chi connectivity index (χ0n) is 23.3. The number of H-pyrrole nitrogens is 2. The van der Waals surface area contributed by atoms with Gasteiger partial charge in [-0.25, -0.2) is 0 Å². The van der Waals surface area contributed by atoms with Crippen molar-refractivity contribution in [1.82, 2.24) is 9.97 Å². The summed E-state index contributed by atoms with van der Waals surface area (Å²) in [7, 11) is 0. The van der Waals surface area contributed by atoms with Crippen LogP contribution in [0, 0.1) is 5.41 Å². The first-order chi connectivity index (χ1) is 19.3. The Balaban J connectivity index is 1.51. The lowest BCUT2D eigenvalue weighted by Gasteiger charge is -2.24. The van der Waals surface area contributed by atoms with Crippen LogP contribution < -0.4 is 0 Å². The number of benzene rings is 2. The van der Waals surface area contributed by atoms with Crippen LogP contribution in [0.2, 0.25) is 0 Å². The maximum atomic E-state index is 5.23. The third-order valence-corrected chi connectivity index (χ3v) is 8.46. The lowest BCUT2D eigenvalue weighted by atomic mass is 9.82. The highest BCUT2D eigenvalue weighted by atomic mass is 14.9. The van der Waals surface area contributed by atoms with Crippen molar-refractivity contribution < 1.29 is 0 Å². The molecule has 4 heteroatoms. The summed E-state index contributed by atoms with van der Waals surface area (Å²) in [4.78, 5) is 18.0. The van der Waals surface area contributed by atoms with Gasteiger partial charge >= 0.3 is 0 Å². The lowest BCUT2D eigenvalue weighted by molar-refractivity contribution is 0.602. The molecule has 0 atom stereocenters. The summed E-state index contributed by atoms with van der Waals surface area (Å²) in [6, 6.07) is 29.8. The highest BCUT2D eigenvalue weighted by Gasteiger charge is 2.34. The van der Waals surface area contributed by atoms with Crippen LogP contribution in [0.1, 0.15) is 61.6 Å². The number of hydrogen-bond donors (Lipinski definition) is 2. The third kappa shape index (κ3) is 3.83. The molecule has 0 aliphatic carbocycles. The van der Waals surface area contributed by atoms with Crippen LogP contribution in [0.3, 0.4) is 0 Å². The number of allylic oxidation sites excluding steroid dienone is 4. The largest absolute Gasteiger partial charge is 0.358 e. The molecule has 40 heavy (non-hydrogen) atoms. The Labute approximate surface area is 235 Å². The van der Waals surface area contributed by atoms with Gasteiger partial charge in [0, 0.05) is 44.8 Å². The molecule has 7 rings (SSSR count). The zero-order valence-corrected chi connectivity index (χ0v) is 23.3. The van der Waals surface area contributed by atoms with Gasteiger partial charge in [0.2, 0.25) is 0 Å². The van der Waals surface area contributed by atoms with E-state index in [1.54, 1.807) is 0 Å². The van der Waals surface area contributed by atoms with E-state index in [-0.39, 0.29) is 10.8 Å². The summed E-state index contributed by atoms with van der Waals surface area (Å²) in [5.74, 6) is 0. The molecule has 2 aromatic heterocycles. The van der Waals surface area contributed by atoms with Gasteiger partial charge < -0.3 is 9.97 Å². The fraction of sp³-hybridized carbons (Fsp3) is 0.167. The molecule has 3 aliphatic heterocycles. The number of nitrogens with zero attached hydrogens (tertiary/aromatic N) is 2. The molecule has 196 valence electrons. The van der Waals surface area contributed by atoms with Crippen molar-refractivity contribution in [3.8, 4) is 0 Å². The second-order valence-electron chi connectivity index (χ2n) is 11.7. The molecule has 3 aliphatic rings. The van der Waals surface area contributed by atoms with E-state index in [0.29, 0.717) is 0 Å². The Bertz CT molecular complexity index is 1680. The molecule has 0 spiro atoms. The molecule has 0 saturated carbocycles. The van der Waals surface area contributed by atoms with E-state index in [2.05, 4.69) is 147 Å². The predicted octanol–water partition coefficient (Wildman–Crippen LogP) is 8.25. The fourth-order valence-corrected chi connectivity index (χ4v) is 5.88. The summed E-state index contributed by atoms with van der Waals surface area (Å²) >= 11 is 0. The maximum absolute atomic E-state index is 5.23. The highest BCUT2D eigenvalue weighted by molar-refractivity contribution is 6.22. The predicted molar refractivity (Wildman–Crippen MR) is 166 cm³/mol. The summed E-state index contributed by atoms with van der Waals surface area (Å²) < 4.78 is 0. The van der Waals surface area contributed by atoms with E-state index in [1.807, 2.05) is 0 Å². The topological polar surface area (TPSA) is 56.3 Å². The van der Waals surface area contributed by atoms with E-state index in [1.165, 1.54) is 0 Å². The van der Waals surface area contributed by atoms with Crippen molar-refractivity contribution in [2.24, 2.45) is 15.4 Å². The summed E-state index contributed by atoms with van der Waals surface area (Å²) in [6.07, 6.45) is 8.59. The Morgan fingerprint density at radius 1 is 0.475 bits per heavy atom. The highest BCUT2D eigenvalue weighted by Crippen LogP contribution is 2.39. The van der Waals surface area contributed by atoms with Gasteiger partial charge in [-0.3, -0.25) is 9.98 Å². The van der Waals surface area contributed by atoms with Gasteiger partial charge in [0.15, 0.2) is 0 Å². The molecule has 0 fully saturated rings. The van der Waals surface area contributed by atoms with Gasteiger partial charge in [-0.2, -0.15) is 0 Å². The number of rotatable bonds is 2. The molecular formula is C36H32N4. The van der Waals surface area contributed by atoms with E-state index in [0.717, 1.165) is 67.9 Å². The first-order valence-electron chi connectivity index (χ1n) is 13.9. The number of aromatic amines is 2. The average Bonchev–Trinajstić information content (AvgIpc) is 3.78. The Kier molecular flexibility index (Phi) is 5.43. The van der Waals surface area contributed by atoms with Crippen molar-refractivity contribution in [2.45, 2.75) is 33.1 Å². The smallest absolute Gasteiger partial charge is 0.0733 e. The minimum atomic E-state index is -0.374. The molecule has 0 amide bonds. The van der Waals surface area contributed by atoms with Crippen LogP contribution in [-0.2, 0) is 5.41 Å². The summed E-state index contributed by atoms with van der Waals surface area (Å²) in [6.45, 7) is 8.93. The molecule has 2 aromatic carbocycles. The maximum Gasteiger partial charge on any atom is 0.0733 e. The first kappa shape index (κ1) is 24.3. The summed E-state index contributed by atoms with van der Waals surface area (Å²) in [5, 5.41) is 0. The molecule has 0 radical (unpaired) electrons. The molecule has 0 saturated heterocycles. The van der Waals surface area contributed by atoms with Crippen molar-refractivity contribution in [3.63, 3.8) is 0 Å². The van der Waals surface area contributed by atoms with Gasteiger partial charge in [0.25, 0.3) is 0 Å². The monoisotopic (exact) mass is 520 g/mol. The van der Waals surface area contributed by atoms with Gasteiger partial charge in [-0.15, -0.1) is 0 Å². The second-order valence-corrected chi connectivity index (χ2v) is 11.7. The summed E-state index contributed by atoms with van der Waals surface area (Å²) in [5.41, 5.74) is 12.1. The number of aliphatic imine (C=N–C) groups is 2. The van der Waals surface area contributed by atoms with Crippen LogP contribution in [0.25, 0.3) is 11.1 Å². The Morgan fingerprint density at radius 2 is 0.900 bits per heavy atom. The standard InChI is InChI=1S/C36H32N4/c1-35(2)29-19-15-25(37-29)33(23-11-7-5-8-12-23)27-17-21-31(39-27)36(3,4)32-22-18-28(40-32)34(24-13-9-6-10-14-24)26-16-20-30(35)38-26/h5-22,37-38H,1-4H3/b33-27-,34-28?. The molecule has 4 aromatic rings. The fourth-order valence-electron chi connectivity index (χ4n) is 5.88. The van der Waals surface area contributed by atoms with Crippen molar-refractivity contribution in [1.29, 1.82) is 0 Å². The van der Waals surface area contributed by atoms with Crippen LogP contribution in [-0.4, -0.2) is 21.4 Å². The number of aromatic nitrogens is 2. The van der Waals surface area contributed by atoms with Gasteiger partial charge in [0.05, 0.1) is 22.8 Å². The van der Waals surface area contributed by atoms with Crippen LogP contribution in [0.5, 0.6) is 0 Å². The number of nitrogens with one attached hydrogen (secondary N) is 2. The average molecular weight is 521 g/mol. The molecule has 8 bridgehead atoms. The lowest BCUT2D eigenvalue weighted by Crippen LogP contribution is -2.30. The van der Waals surface area contributed by atoms with E-state index >= 15 is 0 Å². The zero-order chi connectivity index (χ0) is 27.5. The van der Waals surface area contributed by atoms with Gasteiger partial charge in [-0.1, -0.05) is 60.7 Å². The van der Waals surface area contributed by atoms with Gasteiger partial charge in [-0.05, 0) is 87.4 Å². The quantitative estimate of drug-likeness (QED) is 0.267. The minimum absolute atomic E-state index is 0.283. The molecule has 4 nitrogen and oxygen atoms in total. The number of fused-ring (bicyclic) bond motifs is 6. The molecule has 2 N–H and O–H groups in total. The third-order valence-electron chi connectivity index (χ3n) is 8.46. The molecule has 5 heterocycles. The molecule has 0 unspecified atom stereocenters. The van der Waals surface area contributed by atoms with E-state index in [4.69, 9.17) is 9.98 Å². The second kappa shape index (κ2) is 8.92. The van der Waals surface area contributed by atoms with E-state index in [9.17, 15) is 0 Å². The normalized spacial score (nSPS) is 20.6. The van der Waals surface area contributed by atoms with Crippen LogP contribution in [0.15, 0.2) is 131 Å². The van der Waals surface area contributed by atoms with E-state index < -0.39 is 0 Å². The van der Waals surface area contributed by atoms with Crippen molar-refractivity contribution in [2.75, 3.05) is 0 Å². The van der Waals surface area contributed by atoms with Crippen molar-refractivity contribution in [3.05, 3.63) is 155 Å². The van der Waals surface area contributed by atoms with Gasteiger partial charge in [0.1, 0.15) is 0 Å². The van der Waals surface area contributed by atoms with Crippen molar-refractivity contribution >= 4 is 22.6 Å². The SMILES string of the molecule is CC1(C)C2=NC(=C(c3ccccc3)c3ccc([nH]3)C(C)(C)c3ccc([nH]3)/C(c3ccccc3)=C3/C=CC1=N3)C=C2. The number of hydrogen-bond acceptors (Lipinski definition) is 2. The van der Waals surface area contributed by atoms with Crippen LogP contribution in [0.4, 0.5) is 0 Å².